The molecule has 13 heavy (non-hydrogen) atoms. The third kappa shape index (κ3) is 8.12. The topological polar surface area (TPSA) is 41.1 Å². The summed E-state index contributed by atoms with van der Waals surface area (Å²) in [5.41, 5.74) is 0. The van der Waals surface area contributed by atoms with Crippen molar-refractivity contribution < 1.29 is 4.79 Å². The number of nitrogens with one attached hydrogen (secondary N) is 2. The molecule has 0 spiro atoms. The maximum atomic E-state index is 10.8. The molecule has 4 heteroatoms. The van der Waals surface area contributed by atoms with Gasteiger partial charge in [0.1, 0.15) is 0 Å². The molecule has 1 atom stereocenters. The lowest BCUT2D eigenvalue weighted by Gasteiger charge is -2.10. The fourth-order valence-electron chi connectivity index (χ4n) is 1.02. The first kappa shape index (κ1) is 12.8. The first-order valence-corrected chi connectivity index (χ1v) is 6.00. The molecule has 2 N–H and O–H groups in total. The molecule has 0 aromatic rings. The molecule has 1 unspecified atom stereocenters. The van der Waals surface area contributed by atoms with Crippen LogP contribution in [-0.4, -0.2) is 38.1 Å². The number of amides is 1. The molecule has 0 heterocycles. The molecule has 3 nitrogen and oxygen atoms in total. The minimum Gasteiger partial charge on any atom is -0.359 e. The van der Waals surface area contributed by atoms with E-state index in [-0.39, 0.29) is 5.91 Å². The molecule has 0 saturated carbocycles. The highest BCUT2D eigenvalue weighted by atomic mass is 32.2. The van der Waals surface area contributed by atoms with Crippen LogP contribution in [0, 0.1) is 5.92 Å². The van der Waals surface area contributed by atoms with Gasteiger partial charge in [-0.05, 0) is 24.5 Å². The summed E-state index contributed by atoms with van der Waals surface area (Å²) in [5, 5.41) is 5.86. The van der Waals surface area contributed by atoms with E-state index >= 15 is 0 Å². The van der Waals surface area contributed by atoms with Crippen molar-refractivity contribution >= 4 is 17.7 Å². The van der Waals surface area contributed by atoms with Crippen LogP contribution in [0.2, 0.25) is 0 Å². The minimum absolute atomic E-state index is 0.102. The van der Waals surface area contributed by atoms with Crippen LogP contribution in [0.4, 0.5) is 0 Å². The SMILES string of the molecule is CNC(=O)CCNCC(C)CSC. The molecule has 0 radical (unpaired) electrons. The highest BCUT2D eigenvalue weighted by molar-refractivity contribution is 7.98. The number of rotatable bonds is 7. The molecular weight excluding hydrogens is 184 g/mol. The van der Waals surface area contributed by atoms with Gasteiger partial charge in [0.2, 0.25) is 5.91 Å². The zero-order valence-corrected chi connectivity index (χ0v) is 9.54. The Kier molecular flexibility index (Phi) is 8.24. The Morgan fingerprint density at radius 3 is 2.77 bits per heavy atom. The number of carbonyl (C=O) groups is 1. The van der Waals surface area contributed by atoms with Gasteiger partial charge >= 0.3 is 0 Å². The van der Waals surface area contributed by atoms with Gasteiger partial charge in [0.25, 0.3) is 0 Å². The monoisotopic (exact) mass is 204 g/mol. The lowest BCUT2D eigenvalue weighted by atomic mass is 10.2. The minimum atomic E-state index is 0.102. The number of carbonyl (C=O) groups excluding carboxylic acids is 1. The summed E-state index contributed by atoms with van der Waals surface area (Å²) >= 11 is 1.86. The Bertz CT molecular complexity index is 142. The molecule has 0 fully saturated rings. The summed E-state index contributed by atoms with van der Waals surface area (Å²) in [7, 11) is 1.67. The average molecular weight is 204 g/mol. The van der Waals surface area contributed by atoms with Crippen molar-refractivity contribution in [1.82, 2.24) is 10.6 Å². The summed E-state index contributed by atoms with van der Waals surface area (Å²) in [4.78, 5) is 10.8. The second-order valence-corrected chi connectivity index (χ2v) is 4.10. The zero-order valence-electron chi connectivity index (χ0n) is 8.72. The van der Waals surface area contributed by atoms with E-state index in [1.165, 1.54) is 5.75 Å². The predicted molar refractivity (Wildman–Crippen MR) is 59.1 cm³/mol. The highest BCUT2D eigenvalue weighted by Crippen LogP contribution is 2.02. The van der Waals surface area contributed by atoms with Gasteiger partial charge in [-0.25, -0.2) is 0 Å². The third-order valence-corrected chi connectivity index (χ3v) is 2.65. The molecule has 0 aliphatic carbocycles. The fraction of sp³-hybridized carbons (Fsp3) is 0.889. The van der Waals surface area contributed by atoms with Crippen LogP contribution in [0.1, 0.15) is 13.3 Å². The lowest BCUT2D eigenvalue weighted by Crippen LogP contribution is -2.28. The van der Waals surface area contributed by atoms with Gasteiger partial charge in [0.15, 0.2) is 0 Å². The Morgan fingerprint density at radius 1 is 1.54 bits per heavy atom. The molecule has 0 saturated heterocycles. The van der Waals surface area contributed by atoms with Crippen molar-refractivity contribution in [3.63, 3.8) is 0 Å². The third-order valence-electron chi connectivity index (χ3n) is 1.75. The van der Waals surface area contributed by atoms with Gasteiger partial charge in [-0.2, -0.15) is 11.8 Å². The van der Waals surface area contributed by atoms with E-state index in [4.69, 9.17) is 0 Å². The smallest absolute Gasteiger partial charge is 0.221 e. The summed E-state index contributed by atoms with van der Waals surface area (Å²) in [6.07, 6.45) is 2.68. The van der Waals surface area contributed by atoms with E-state index < -0.39 is 0 Å². The Morgan fingerprint density at radius 2 is 2.23 bits per heavy atom. The molecule has 1 amide bonds. The second-order valence-electron chi connectivity index (χ2n) is 3.19. The van der Waals surface area contributed by atoms with Crippen molar-refractivity contribution in [2.45, 2.75) is 13.3 Å². The van der Waals surface area contributed by atoms with E-state index in [1.54, 1.807) is 7.05 Å². The van der Waals surface area contributed by atoms with Crippen molar-refractivity contribution in [3.05, 3.63) is 0 Å². The molecule has 0 bridgehead atoms. The van der Waals surface area contributed by atoms with Gasteiger partial charge in [0.05, 0.1) is 0 Å². The Balaban J connectivity index is 3.20. The van der Waals surface area contributed by atoms with E-state index in [2.05, 4.69) is 23.8 Å². The second kappa shape index (κ2) is 8.38. The van der Waals surface area contributed by atoms with Crippen molar-refractivity contribution in [2.75, 3.05) is 32.1 Å². The number of hydrogen-bond donors (Lipinski definition) is 2. The van der Waals surface area contributed by atoms with Crippen LogP contribution in [0.25, 0.3) is 0 Å². The maximum Gasteiger partial charge on any atom is 0.221 e. The lowest BCUT2D eigenvalue weighted by molar-refractivity contribution is -0.120. The summed E-state index contributed by atoms with van der Waals surface area (Å²) in [5.74, 6) is 1.96. The van der Waals surface area contributed by atoms with Gasteiger partial charge in [-0.15, -0.1) is 0 Å². The van der Waals surface area contributed by atoms with Crippen molar-refractivity contribution in [3.8, 4) is 0 Å². The molecule has 78 valence electrons. The van der Waals surface area contributed by atoms with Crippen molar-refractivity contribution in [2.24, 2.45) is 5.92 Å². The summed E-state index contributed by atoms with van der Waals surface area (Å²) in [6, 6.07) is 0. The average Bonchev–Trinajstić information content (AvgIpc) is 2.12. The molecular formula is C9H20N2OS. The van der Waals surface area contributed by atoms with E-state index in [0.717, 1.165) is 13.1 Å². The molecule has 0 aliphatic rings. The zero-order chi connectivity index (χ0) is 10.1. The van der Waals surface area contributed by atoms with Crippen LogP contribution >= 0.6 is 11.8 Å². The Hall–Kier alpha value is -0.220. The number of hydrogen-bond acceptors (Lipinski definition) is 3. The van der Waals surface area contributed by atoms with Gasteiger partial charge in [0, 0.05) is 20.0 Å². The van der Waals surface area contributed by atoms with Crippen LogP contribution in [0.15, 0.2) is 0 Å². The number of thioether (sulfide) groups is 1. The quantitative estimate of drug-likeness (QED) is 0.600. The molecule has 0 aliphatic heterocycles. The van der Waals surface area contributed by atoms with Crippen molar-refractivity contribution in [1.29, 1.82) is 0 Å². The van der Waals surface area contributed by atoms with Gasteiger partial charge in [-0.1, -0.05) is 6.92 Å². The normalized spacial score (nSPS) is 12.5. The van der Waals surface area contributed by atoms with Crippen LogP contribution in [0.3, 0.4) is 0 Å². The van der Waals surface area contributed by atoms with Crippen LogP contribution in [-0.2, 0) is 4.79 Å². The molecule has 0 rings (SSSR count). The predicted octanol–water partition coefficient (Wildman–Crippen LogP) is 0.711. The summed E-state index contributed by atoms with van der Waals surface area (Å²) in [6.45, 7) is 3.99. The van der Waals surface area contributed by atoms with Gasteiger partial charge < -0.3 is 10.6 Å². The van der Waals surface area contributed by atoms with E-state index in [1.807, 2.05) is 11.8 Å². The van der Waals surface area contributed by atoms with E-state index in [9.17, 15) is 4.79 Å². The van der Waals surface area contributed by atoms with Crippen LogP contribution in [0.5, 0.6) is 0 Å². The maximum absolute atomic E-state index is 10.8. The molecule has 0 aromatic heterocycles. The molecule has 0 aromatic carbocycles. The largest absolute Gasteiger partial charge is 0.359 e. The Labute approximate surface area is 85.0 Å². The van der Waals surface area contributed by atoms with Gasteiger partial charge in [-0.3, -0.25) is 4.79 Å². The first-order chi connectivity index (χ1) is 6.20. The standard InChI is InChI=1S/C9H20N2OS/c1-8(7-13-3)6-11-5-4-9(12)10-2/h8,11H,4-7H2,1-3H3,(H,10,12). The highest BCUT2D eigenvalue weighted by Gasteiger charge is 2.01. The summed E-state index contributed by atoms with van der Waals surface area (Å²) < 4.78 is 0. The first-order valence-electron chi connectivity index (χ1n) is 4.61. The fourth-order valence-corrected chi connectivity index (χ4v) is 1.71. The van der Waals surface area contributed by atoms with E-state index in [0.29, 0.717) is 12.3 Å². The van der Waals surface area contributed by atoms with Crippen LogP contribution < -0.4 is 10.6 Å².